The molecule has 2 N–H and O–H groups in total. The minimum atomic E-state index is -0.740. The second-order valence-electron chi connectivity index (χ2n) is 3.37. The lowest BCUT2D eigenvalue weighted by Crippen LogP contribution is -2.18. The zero-order chi connectivity index (χ0) is 12.3. The predicted octanol–water partition coefficient (Wildman–Crippen LogP) is 0.585. The smallest absolute Gasteiger partial charge is 0.288 e. The number of amides is 1. The Labute approximate surface area is 95.6 Å². The number of halogens is 1. The minimum absolute atomic E-state index is 0.0103. The molecule has 2 aromatic rings. The van der Waals surface area contributed by atoms with Crippen molar-refractivity contribution in [2.24, 2.45) is 0 Å². The topological polar surface area (TPSA) is 80.0 Å². The van der Waals surface area contributed by atoms with E-state index in [9.17, 15) is 9.18 Å². The first-order valence-electron chi connectivity index (χ1n) is 4.78. The van der Waals surface area contributed by atoms with Crippen molar-refractivity contribution >= 4 is 5.91 Å². The van der Waals surface area contributed by atoms with Crippen LogP contribution in [0, 0.1) is 5.82 Å². The maximum atomic E-state index is 12.9. The number of carbonyl (C=O) groups excluding carboxylic acids is 1. The first-order chi connectivity index (χ1) is 8.19. The summed E-state index contributed by atoms with van der Waals surface area (Å²) in [6.45, 7) is 0.295. The molecule has 0 aliphatic rings. The van der Waals surface area contributed by atoms with E-state index >= 15 is 0 Å². The molecule has 0 aliphatic heterocycles. The molecule has 88 valence electrons. The van der Waals surface area contributed by atoms with Crippen molar-refractivity contribution in [3.8, 4) is 0 Å². The van der Waals surface area contributed by atoms with Crippen LogP contribution in [-0.4, -0.2) is 26.1 Å². The van der Waals surface area contributed by atoms with Gasteiger partial charge in [0, 0.05) is 0 Å². The predicted molar refractivity (Wildman–Crippen MR) is 54.8 cm³/mol. The molecule has 0 saturated heterocycles. The van der Waals surface area contributed by atoms with E-state index in [-0.39, 0.29) is 11.5 Å². The molecule has 6 nitrogen and oxygen atoms in total. The number of rotatable bonds is 3. The van der Waals surface area contributed by atoms with Gasteiger partial charge in [0.25, 0.3) is 5.91 Å². The number of hydroxylamine groups is 1. The van der Waals surface area contributed by atoms with E-state index in [0.29, 0.717) is 12.1 Å². The van der Waals surface area contributed by atoms with Gasteiger partial charge < -0.3 is 0 Å². The standard InChI is InChI=1S/C10H9FN4O2/c11-8-3-1-2-7(4-8)5-15-6-9(12-14-15)10(16)13-17/h1-4,6,17H,5H2,(H,13,16). The number of nitrogens with one attached hydrogen (secondary N) is 1. The molecule has 0 unspecified atom stereocenters. The molecule has 1 aromatic carbocycles. The molecular weight excluding hydrogens is 227 g/mol. The fourth-order valence-corrected chi connectivity index (χ4v) is 1.36. The number of nitrogens with zero attached hydrogens (tertiary/aromatic N) is 3. The molecule has 0 bridgehead atoms. The van der Waals surface area contributed by atoms with Crippen LogP contribution in [0.25, 0.3) is 0 Å². The lowest BCUT2D eigenvalue weighted by atomic mass is 10.2. The highest BCUT2D eigenvalue weighted by atomic mass is 19.1. The molecule has 0 saturated carbocycles. The van der Waals surface area contributed by atoms with Gasteiger partial charge in [-0.3, -0.25) is 10.0 Å². The monoisotopic (exact) mass is 236 g/mol. The molecule has 7 heteroatoms. The Morgan fingerprint density at radius 2 is 2.35 bits per heavy atom. The summed E-state index contributed by atoms with van der Waals surface area (Å²) in [5, 5.41) is 15.6. The van der Waals surface area contributed by atoms with Crippen molar-refractivity contribution in [3.05, 3.63) is 47.5 Å². The summed E-state index contributed by atoms with van der Waals surface area (Å²) in [5.74, 6) is -1.08. The molecule has 2 rings (SSSR count). The summed E-state index contributed by atoms with van der Waals surface area (Å²) in [5.41, 5.74) is 2.14. The maximum absolute atomic E-state index is 12.9. The molecule has 1 heterocycles. The first-order valence-corrected chi connectivity index (χ1v) is 4.78. The van der Waals surface area contributed by atoms with Gasteiger partial charge in [-0.05, 0) is 17.7 Å². The Balaban J connectivity index is 2.14. The third kappa shape index (κ3) is 2.64. The average Bonchev–Trinajstić information content (AvgIpc) is 2.76. The minimum Gasteiger partial charge on any atom is -0.288 e. The summed E-state index contributed by atoms with van der Waals surface area (Å²) in [6.07, 6.45) is 1.36. The van der Waals surface area contributed by atoms with Crippen LogP contribution >= 0.6 is 0 Å². The summed E-state index contributed by atoms with van der Waals surface area (Å²) in [6, 6.07) is 6.03. The molecule has 0 radical (unpaired) electrons. The van der Waals surface area contributed by atoms with E-state index in [1.807, 2.05) is 0 Å². The van der Waals surface area contributed by atoms with Gasteiger partial charge in [-0.2, -0.15) is 0 Å². The van der Waals surface area contributed by atoms with Crippen molar-refractivity contribution in [2.45, 2.75) is 6.54 Å². The largest absolute Gasteiger partial charge is 0.296 e. The van der Waals surface area contributed by atoms with Gasteiger partial charge in [0.15, 0.2) is 5.69 Å². The SMILES string of the molecule is O=C(NO)c1cn(Cc2cccc(F)c2)nn1. The van der Waals surface area contributed by atoms with Gasteiger partial charge in [-0.1, -0.05) is 17.3 Å². The highest BCUT2D eigenvalue weighted by Gasteiger charge is 2.09. The van der Waals surface area contributed by atoms with Crippen molar-refractivity contribution in [1.29, 1.82) is 0 Å². The van der Waals surface area contributed by atoms with Crippen molar-refractivity contribution < 1.29 is 14.4 Å². The molecule has 0 atom stereocenters. The zero-order valence-corrected chi connectivity index (χ0v) is 8.67. The number of hydrogen-bond donors (Lipinski definition) is 2. The molecule has 0 fully saturated rings. The second-order valence-corrected chi connectivity index (χ2v) is 3.37. The number of aromatic nitrogens is 3. The summed E-state index contributed by atoms with van der Waals surface area (Å²) in [7, 11) is 0. The Bertz CT molecular complexity index is 541. The Hall–Kier alpha value is -2.28. The highest BCUT2D eigenvalue weighted by molar-refractivity contribution is 5.90. The molecule has 0 aliphatic carbocycles. The lowest BCUT2D eigenvalue weighted by Gasteiger charge is -2.00. The van der Waals surface area contributed by atoms with Crippen LogP contribution < -0.4 is 5.48 Å². The van der Waals surface area contributed by atoms with Crippen LogP contribution in [0.2, 0.25) is 0 Å². The van der Waals surface area contributed by atoms with E-state index in [0.717, 1.165) is 0 Å². The summed E-state index contributed by atoms with van der Waals surface area (Å²) in [4.78, 5) is 11.0. The summed E-state index contributed by atoms with van der Waals surface area (Å²) < 4.78 is 14.3. The molecule has 17 heavy (non-hydrogen) atoms. The van der Waals surface area contributed by atoms with Gasteiger partial charge in [0.05, 0.1) is 12.7 Å². The van der Waals surface area contributed by atoms with E-state index in [2.05, 4.69) is 10.3 Å². The first kappa shape index (κ1) is 11.2. The third-order valence-corrected chi connectivity index (χ3v) is 2.11. The van der Waals surface area contributed by atoms with Crippen LogP contribution in [0.1, 0.15) is 16.1 Å². The van der Waals surface area contributed by atoms with Crippen LogP contribution in [0.3, 0.4) is 0 Å². The quantitative estimate of drug-likeness (QED) is 0.603. The Morgan fingerprint density at radius 1 is 1.53 bits per heavy atom. The molecule has 1 aromatic heterocycles. The Morgan fingerprint density at radius 3 is 3.06 bits per heavy atom. The number of benzene rings is 1. The fourth-order valence-electron chi connectivity index (χ4n) is 1.36. The normalized spacial score (nSPS) is 10.2. The van der Waals surface area contributed by atoms with Gasteiger partial charge in [0.2, 0.25) is 0 Å². The number of carbonyl (C=O) groups is 1. The van der Waals surface area contributed by atoms with Crippen LogP contribution in [0.4, 0.5) is 4.39 Å². The molecular formula is C10H9FN4O2. The molecule has 1 amide bonds. The van der Waals surface area contributed by atoms with E-state index < -0.39 is 5.91 Å². The average molecular weight is 236 g/mol. The second kappa shape index (κ2) is 4.71. The zero-order valence-electron chi connectivity index (χ0n) is 8.67. The van der Waals surface area contributed by atoms with Crippen LogP contribution in [0.15, 0.2) is 30.5 Å². The van der Waals surface area contributed by atoms with E-state index in [4.69, 9.17) is 5.21 Å². The maximum Gasteiger partial charge on any atom is 0.296 e. The van der Waals surface area contributed by atoms with Crippen molar-refractivity contribution in [3.63, 3.8) is 0 Å². The van der Waals surface area contributed by atoms with Gasteiger partial charge >= 0.3 is 0 Å². The van der Waals surface area contributed by atoms with Crippen molar-refractivity contribution in [2.75, 3.05) is 0 Å². The van der Waals surface area contributed by atoms with E-state index in [1.54, 1.807) is 12.1 Å². The molecule has 0 spiro atoms. The Kier molecular flexibility index (Phi) is 3.10. The van der Waals surface area contributed by atoms with Crippen molar-refractivity contribution in [1.82, 2.24) is 20.5 Å². The highest BCUT2D eigenvalue weighted by Crippen LogP contribution is 2.05. The van der Waals surface area contributed by atoms with Gasteiger partial charge in [-0.25, -0.2) is 14.6 Å². The van der Waals surface area contributed by atoms with E-state index in [1.165, 1.54) is 28.5 Å². The van der Waals surface area contributed by atoms with Gasteiger partial charge in [0.1, 0.15) is 5.82 Å². The lowest BCUT2D eigenvalue weighted by molar-refractivity contribution is 0.0700. The third-order valence-electron chi connectivity index (χ3n) is 2.11. The summed E-state index contributed by atoms with van der Waals surface area (Å²) >= 11 is 0. The van der Waals surface area contributed by atoms with Crippen LogP contribution in [0.5, 0.6) is 0 Å². The fraction of sp³-hybridized carbons (Fsp3) is 0.100. The van der Waals surface area contributed by atoms with Gasteiger partial charge in [-0.15, -0.1) is 5.10 Å². The van der Waals surface area contributed by atoms with Crippen LogP contribution in [-0.2, 0) is 6.54 Å². The number of hydrogen-bond acceptors (Lipinski definition) is 4.